The highest BCUT2D eigenvalue weighted by Crippen LogP contribution is 2.43. The number of hydrogen-bond acceptors (Lipinski definition) is 2. The summed E-state index contributed by atoms with van der Waals surface area (Å²) in [5.74, 6) is -0.935. The van der Waals surface area contributed by atoms with Crippen molar-refractivity contribution in [2.24, 2.45) is 0 Å². The van der Waals surface area contributed by atoms with Crippen LogP contribution in [0.2, 0.25) is 10.0 Å². The van der Waals surface area contributed by atoms with Crippen LogP contribution in [0.4, 0.5) is 8.78 Å². The van der Waals surface area contributed by atoms with Crippen LogP contribution in [-0.4, -0.2) is 14.2 Å². The molecule has 26 heavy (non-hydrogen) atoms. The molecule has 0 aliphatic carbocycles. The van der Waals surface area contributed by atoms with Crippen LogP contribution in [0.25, 0.3) is 22.3 Å². The molecule has 0 heterocycles. The number of rotatable bonds is 4. The summed E-state index contributed by atoms with van der Waals surface area (Å²) in [6.07, 6.45) is 0. The summed E-state index contributed by atoms with van der Waals surface area (Å²) < 4.78 is 39.4. The van der Waals surface area contributed by atoms with E-state index in [0.717, 1.165) is 6.07 Å². The molecule has 3 rings (SSSR count). The molecular formula is C20H14Cl2F2O2. The van der Waals surface area contributed by atoms with Crippen LogP contribution in [0.5, 0.6) is 11.5 Å². The van der Waals surface area contributed by atoms with Crippen LogP contribution in [-0.2, 0) is 0 Å². The third kappa shape index (κ3) is 3.35. The molecule has 0 saturated heterocycles. The highest BCUT2D eigenvalue weighted by Gasteiger charge is 2.21. The third-order valence-electron chi connectivity index (χ3n) is 3.99. The highest BCUT2D eigenvalue weighted by molar-refractivity contribution is 6.36. The van der Waals surface area contributed by atoms with E-state index in [-0.39, 0.29) is 10.6 Å². The first-order valence-corrected chi connectivity index (χ1v) is 8.37. The summed E-state index contributed by atoms with van der Waals surface area (Å²) in [4.78, 5) is 0. The van der Waals surface area contributed by atoms with Gasteiger partial charge in [0.1, 0.15) is 11.5 Å². The van der Waals surface area contributed by atoms with Crippen molar-refractivity contribution in [3.05, 3.63) is 70.2 Å². The zero-order valence-electron chi connectivity index (χ0n) is 13.9. The van der Waals surface area contributed by atoms with Crippen molar-refractivity contribution in [3.8, 4) is 33.8 Å². The molecule has 0 aliphatic heterocycles. The molecule has 3 aromatic rings. The molecular weight excluding hydrogens is 381 g/mol. The molecule has 0 unspecified atom stereocenters. The zero-order chi connectivity index (χ0) is 18.8. The van der Waals surface area contributed by atoms with Crippen molar-refractivity contribution in [3.63, 3.8) is 0 Å². The lowest BCUT2D eigenvalue weighted by atomic mass is 9.93. The number of methoxy groups -OCH3 is 2. The maximum absolute atomic E-state index is 14.8. The summed E-state index contributed by atoms with van der Waals surface area (Å²) in [6.45, 7) is 0. The van der Waals surface area contributed by atoms with E-state index in [9.17, 15) is 8.78 Å². The molecule has 0 aliphatic rings. The molecule has 2 nitrogen and oxygen atoms in total. The van der Waals surface area contributed by atoms with Gasteiger partial charge in [-0.05, 0) is 42.0 Å². The van der Waals surface area contributed by atoms with Gasteiger partial charge in [0.15, 0.2) is 11.6 Å². The Labute approximate surface area is 159 Å². The van der Waals surface area contributed by atoms with Gasteiger partial charge in [-0.1, -0.05) is 35.3 Å². The highest BCUT2D eigenvalue weighted by atomic mass is 35.5. The average molecular weight is 395 g/mol. The second-order valence-corrected chi connectivity index (χ2v) is 6.32. The smallest absolute Gasteiger partial charge is 0.167 e. The summed E-state index contributed by atoms with van der Waals surface area (Å²) in [6, 6.07) is 12.3. The molecule has 0 saturated carbocycles. The average Bonchev–Trinajstić information content (AvgIpc) is 2.64. The third-order valence-corrected chi connectivity index (χ3v) is 4.54. The van der Waals surface area contributed by atoms with Crippen molar-refractivity contribution >= 4 is 23.2 Å². The predicted molar refractivity (Wildman–Crippen MR) is 100 cm³/mol. The van der Waals surface area contributed by atoms with Gasteiger partial charge >= 0.3 is 0 Å². The van der Waals surface area contributed by atoms with Gasteiger partial charge in [0, 0.05) is 21.7 Å². The van der Waals surface area contributed by atoms with Crippen LogP contribution in [0, 0.1) is 11.6 Å². The molecule has 0 atom stereocenters. The minimum Gasteiger partial charge on any atom is -0.497 e. The van der Waals surface area contributed by atoms with Gasteiger partial charge in [-0.3, -0.25) is 0 Å². The minimum atomic E-state index is -1.00. The Hall–Kier alpha value is -2.30. The van der Waals surface area contributed by atoms with Crippen LogP contribution in [0.15, 0.2) is 48.5 Å². The van der Waals surface area contributed by atoms with Gasteiger partial charge in [0.2, 0.25) is 0 Å². The monoisotopic (exact) mass is 394 g/mol. The Bertz CT molecular complexity index is 974. The lowest BCUT2D eigenvalue weighted by molar-refractivity contribution is 0.404. The molecule has 0 fully saturated rings. The SMILES string of the molecule is COc1ccc(OC)c(-c2ccc(F)c(F)c2-c2ccc(Cl)cc2Cl)c1. The van der Waals surface area contributed by atoms with Crippen LogP contribution in [0.1, 0.15) is 0 Å². The van der Waals surface area contributed by atoms with E-state index < -0.39 is 11.6 Å². The van der Waals surface area contributed by atoms with E-state index in [1.54, 1.807) is 30.3 Å². The number of halogens is 4. The first kappa shape index (κ1) is 18.5. The van der Waals surface area contributed by atoms with E-state index >= 15 is 0 Å². The maximum Gasteiger partial charge on any atom is 0.167 e. The molecule has 0 radical (unpaired) electrons. The topological polar surface area (TPSA) is 18.5 Å². The van der Waals surface area contributed by atoms with Gasteiger partial charge in [0.05, 0.1) is 19.2 Å². The zero-order valence-corrected chi connectivity index (χ0v) is 15.5. The molecule has 0 amide bonds. The number of benzene rings is 3. The fourth-order valence-electron chi connectivity index (χ4n) is 2.76. The van der Waals surface area contributed by atoms with Crippen LogP contribution < -0.4 is 9.47 Å². The van der Waals surface area contributed by atoms with Gasteiger partial charge in [-0.15, -0.1) is 0 Å². The minimum absolute atomic E-state index is 0.0261. The first-order chi connectivity index (χ1) is 12.5. The van der Waals surface area contributed by atoms with Gasteiger partial charge in [-0.25, -0.2) is 8.78 Å². The van der Waals surface area contributed by atoms with E-state index in [4.69, 9.17) is 32.7 Å². The molecule has 0 spiro atoms. The molecule has 6 heteroatoms. The quantitative estimate of drug-likeness (QED) is 0.494. The number of hydrogen-bond donors (Lipinski definition) is 0. The molecule has 3 aromatic carbocycles. The van der Waals surface area contributed by atoms with E-state index in [1.807, 2.05) is 0 Å². The van der Waals surface area contributed by atoms with E-state index in [1.165, 1.54) is 26.4 Å². The van der Waals surface area contributed by atoms with Crippen molar-refractivity contribution in [2.45, 2.75) is 0 Å². The fourth-order valence-corrected chi connectivity index (χ4v) is 3.26. The largest absolute Gasteiger partial charge is 0.497 e. The van der Waals surface area contributed by atoms with Crippen molar-refractivity contribution in [1.29, 1.82) is 0 Å². The van der Waals surface area contributed by atoms with Gasteiger partial charge in [0.25, 0.3) is 0 Å². The Kier molecular flexibility index (Phi) is 5.35. The second-order valence-electron chi connectivity index (χ2n) is 5.47. The summed E-state index contributed by atoms with van der Waals surface area (Å²) in [5, 5.41) is 0.612. The van der Waals surface area contributed by atoms with Crippen LogP contribution in [0.3, 0.4) is 0 Å². The summed E-state index contributed by atoms with van der Waals surface area (Å²) in [5.41, 5.74) is 1.32. The van der Waals surface area contributed by atoms with E-state index in [0.29, 0.717) is 33.2 Å². The second kappa shape index (κ2) is 7.52. The van der Waals surface area contributed by atoms with Gasteiger partial charge in [-0.2, -0.15) is 0 Å². The van der Waals surface area contributed by atoms with E-state index in [2.05, 4.69) is 0 Å². The summed E-state index contributed by atoms with van der Waals surface area (Å²) in [7, 11) is 3.02. The lowest BCUT2D eigenvalue weighted by Crippen LogP contribution is -1.97. The predicted octanol–water partition coefficient (Wildman–Crippen LogP) is 6.62. The maximum atomic E-state index is 14.8. The Morgan fingerprint density at radius 1 is 0.769 bits per heavy atom. The number of ether oxygens (including phenoxy) is 2. The van der Waals surface area contributed by atoms with Crippen molar-refractivity contribution in [1.82, 2.24) is 0 Å². The van der Waals surface area contributed by atoms with Crippen molar-refractivity contribution < 1.29 is 18.3 Å². The first-order valence-electron chi connectivity index (χ1n) is 7.62. The molecule has 0 bridgehead atoms. The molecule has 0 aromatic heterocycles. The van der Waals surface area contributed by atoms with Gasteiger partial charge < -0.3 is 9.47 Å². The summed E-state index contributed by atoms with van der Waals surface area (Å²) >= 11 is 12.2. The lowest BCUT2D eigenvalue weighted by Gasteiger charge is -2.16. The Morgan fingerprint density at radius 3 is 2.15 bits per heavy atom. The Balaban J connectivity index is 2.35. The standard InChI is InChI=1S/C20H14Cl2F2O2/c1-25-12-4-8-18(26-2)15(10-12)13-6-7-17(23)20(24)19(13)14-5-3-11(21)9-16(14)22/h3-10H,1-2H3. The van der Waals surface area contributed by atoms with Crippen molar-refractivity contribution in [2.75, 3.05) is 14.2 Å². The molecule has 134 valence electrons. The van der Waals surface area contributed by atoms with Crippen LogP contribution >= 0.6 is 23.2 Å². The molecule has 0 N–H and O–H groups in total. The fraction of sp³-hybridized carbons (Fsp3) is 0.100. The normalized spacial score (nSPS) is 10.7. The Morgan fingerprint density at radius 2 is 1.50 bits per heavy atom.